The van der Waals surface area contributed by atoms with Gasteiger partial charge in [0, 0.05) is 21.9 Å². The standard InChI is InChI=1S/C22H15F2N/c1-2-4-15-7-9-16(10-8-15)11-12-17-5-3-6-18-19(17)13-21(23)20(14-25)22(18)24/h3,5-10,13H,2,4H2,1H3. The molecule has 0 aliphatic rings. The zero-order chi connectivity index (χ0) is 17.8. The van der Waals surface area contributed by atoms with Crippen LogP contribution in [0, 0.1) is 34.8 Å². The maximum absolute atomic E-state index is 14.3. The summed E-state index contributed by atoms with van der Waals surface area (Å²) in [6.45, 7) is 2.13. The lowest BCUT2D eigenvalue weighted by Crippen LogP contribution is -1.93. The predicted octanol–water partition coefficient (Wildman–Crippen LogP) is 5.34. The summed E-state index contributed by atoms with van der Waals surface area (Å²) in [6.07, 6.45) is 2.11. The van der Waals surface area contributed by atoms with Crippen LogP contribution in [-0.2, 0) is 6.42 Å². The molecule has 0 heterocycles. The maximum Gasteiger partial charge on any atom is 0.151 e. The Hall–Kier alpha value is -3.17. The van der Waals surface area contributed by atoms with Gasteiger partial charge in [0.25, 0.3) is 0 Å². The van der Waals surface area contributed by atoms with Gasteiger partial charge in [-0.3, -0.25) is 0 Å². The number of nitrogens with zero attached hydrogens (tertiary/aromatic N) is 1. The third-order valence-electron chi connectivity index (χ3n) is 4.02. The van der Waals surface area contributed by atoms with Crippen molar-refractivity contribution in [2.24, 2.45) is 0 Å². The molecule has 122 valence electrons. The molecule has 0 aromatic heterocycles. The van der Waals surface area contributed by atoms with Crippen molar-refractivity contribution in [3.63, 3.8) is 0 Å². The Kier molecular flexibility index (Phi) is 4.78. The van der Waals surface area contributed by atoms with Gasteiger partial charge in [0.2, 0.25) is 0 Å². The predicted molar refractivity (Wildman–Crippen MR) is 95.0 cm³/mol. The molecule has 0 saturated heterocycles. The molecule has 0 bridgehead atoms. The Morgan fingerprint density at radius 3 is 2.40 bits per heavy atom. The normalized spacial score (nSPS) is 10.2. The summed E-state index contributed by atoms with van der Waals surface area (Å²) in [5.41, 5.74) is 2.05. The monoisotopic (exact) mass is 331 g/mol. The topological polar surface area (TPSA) is 23.8 Å². The van der Waals surface area contributed by atoms with Crippen LogP contribution in [0.3, 0.4) is 0 Å². The molecular formula is C22H15F2N. The lowest BCUT2D eigenvalue weighted by atomic mass is 10.0. The van der Waals surface area contributed by atoms with E-state index in [0.717, 1.165) is 18.4 Å². The summed E-state index contributed by atoms with van der Waals surface area (Å²) >= 11 is 0. The van der Waals surface area contributed by atoms with Crippen LogP contribution in [0.5, 0.6) is 0 Å². The van der Waals surface area contributed by atoms with Crippen LogP contribution in [0.4, 0.5) is 8.78 Å². The van der Waals surface area contributed by atoms with Gasteiger partial charge < -0.3 is 0 Å². The molecular weight excluding hydrogens is 316 g/mol. The number of fused-ring (bicyclic) bond motifs is 1. The number of aryl methyl sites for hydroxylation is 1. The van der Waals surface area contributed by atoms with Gasteiger partial charge in [0.15, 0.2) is 5.82 Å². The van der Waals surface area contributed by atoms with E-state index in [-0.39, 0.29) is 5.39 Å². The van der Waals surface area contributed by atoms with Crippen LogP contribution in [-0.4, -0.2) is 0 Å². The Bertz CT molecular complexity index is 1030. The molecule has 0 aliphatic carbocycles. The molecule has 3 aromatic rings. The van der Waals surface area contributed by atoms with Crippen molar-refractivity contribution < 1.29 is 8.78 Å². The largest absolute Gasteiger partial charge is 0.205 e. The Morgan fingerprint density at radius 1 is 0.960 bits per heavy atom. The molecule has 3 rings (SSSR count). The second kappa shape index (κ2) is 7.16. The molecule has 0 radical (unpaired) electrons. The Balaban J connectivity index is 2.05. The minimum absolute atomic E-state index is 0.197. The van der Waals surface area contributed by atoms with Crippen LogP contribution < -0.4 is 0 Å². The highest BCUT2D eigenvalue weighted by Crippen LogP contribution is 2.26. The fraction of sp³-hybridized carbons (Fsp3) is 0.136. The minimum atomic E-state index is -0.870. The van der Waals surface area contributed by atoms with Crippen molar-refractivity contribution in [2.45, 2.75) is 19.8 Å². The lowest BCUT2D eigenvalue weighted by Gasteiger charge is -2.05. The number of benzene rings is 3. The maximum atomic E-state index is 14.3. The molecule has 0 amide bonds. The quantitative estimate of drug-likeness (QED) is 0.581. The molecule has 25 heavy (non-hydrogen) atoms. The first-order chi connectivity index (χ1) is 12.1. The van der Waals surface area contributed by atoms with Crippen LogP contribution in [0.2, 0.25) is 0 Å². The number of hydrogen-bond donors (Lipinski definition) is 0. The first kappa shape index (κ1) is 16.7. The van der Waals surface area contributed by atoms with Gasteiger partial charge in [0.1, 0.15) is 17.4 Å². The van der Waals surface area contributed by atoms with E-state index in [4.69, 9.17) is 5.26 Å². The summed E-state index contributed by atoms with van der Waals surface area (Å²) in [5.74, 6) is 4.30. The van der Waals surface area contributed by atoms with Crippen LogP contribution >= 0.6 is 0 Å². The highest BCUT2D eigenvalue weighted by atomic mass is 19.1. The van der Waals surface area contributed by atoms with E-state index in [9.17, 15) is 8.78 Å². The molecule has 1 nitrogen and oxygen atoms in total. The zero-order valence-corrected chi connectivity index (χ0v) is 13.7. The molecule has 0 fully saturated rings. The number of hydrogen-bond acceptors (Lipinski definition) is 1. The average Bonchev–Trinajstić information content (AvgIpc) is 2.62. The number of nitriles is 1. The van der Waals surface area contributed by atoms with Crippen LogP contribution in [0.15, 0.2) is 48.5 Å². The van der Waals surface area contributed by atoms with E-state index < -0.39 is 17.2 Å². The van der Waals surface area contributed by atoms with Gasteiger partial charge in [-0.25, -0.2) is 8.78 Å². The Labute approximate surface area is 145 Å². The zero-order valence-electron chi connectivity index (χ0n) is 13.7. The van der Waals surface area contributed by atoms with Crippen molar-refractivity contribution in [3.8, 4) is 17.9 Å². The fourth-order valence-corrected chi connectivity index (χ4v) is 2.74. The molecule has 0 aliphatic heterocycles. The number of rotatable bonds is 2. The average molecular weight is 331 g/mol. The first-order valence-corrected chi connectivity index (χ1v) is 8.05. The summed E-state index contributed by atoms with van der Waals surface area (Å²) < 4.78 is 28.2. The van der Waals surface area contributed by atoms with Gasteiger partial charge >= 0.3 is 0 Å². The molecule has 0 N–H and O–H groups in total. The second-order valence-corrected chi connectivity index (χ2v) is 5.76. The van der Waals surface area contributed by atoms with Crippen molar-refractivity contribution in [1.29, 1.82) is 5.26 Å². The fourth-order valence-electron chi connectivity index (χ4n) is 2.74. The summed E-state index contributed by atoms with van der Waals surface area (Å²) in [4.78, 5) is 0. The van der Waals surface area contributed by atoms with E-state index in [1.165, 1.54) is 17.7 Å². The molecule has 0 unspecified atom stereocenters. The summed E-state index contributed by atoms with van der Waals surface area (Å²) in [6, 6.07) is 15.6. The SMILES string of the molecule is CCCc1ccc(C#Cc2cccc3c(F)c(C#N)c(F)cc23)cc1. The lowest BCUT2D eigenvalue weighted by molar-refractivity contribution is 0.585. The van der Waals surface area contributed by atoms with Crippen LogP contribution in [0.25, 0.3) is 10.8 Å². The molecule has 0 atom stereocenters. The smallest absolute Gasteiger partial charge is 0.151 e. The number of halogens is 2. The van der Waals surface area contributed by atoms with Gasteiger partial charge in [-0.1, -0.05) is 49.5 Å². The summed E-state index contributed by atoms with van der Waals surface area (Å²) in [5, 5.41) is 9.45. The second-order valence-electron chi connectivity index (χ2n) is 5.76. The first-order valence-electron chi connectivity index (χ1n) is 8.05. The highest BCUT2D eigenvalue weighted by molar-refractivity contribution is 5.90. The molecule has 0 spiro atoms. The van der Waals surface area contributed by atoms with Crippen molar-refractivity contribution in [1.82, 2.24) is 0 Å². The van der Waals surface area contributed by atoms with Gasteiger partial charge in [0.05, 0.1) is 0 Å². The van der Waals surface area contributed by atoms with E-state index in [1.54, 1.807) is 18.2 Å². The highest BCUT2D eigenvalue weighted by Gasteiger charge is 2.14. The minimum Gasteiger partial charge on any atom is -0.205 e. The molecule has 3 heteroatoms. The van der Waals surface area contributed by atoms with Crippen LogP contribution in [0.1, 0.15) is 35.6 Å². The van der Waals surface area contributed by atoms with E-state index in [2.05, 4.69) is 18.8 Å². The Morgan fingerprint density at radius 2 is 1.72 bits per heavy atom. The van der Waals surface area contributed by atoms with Gasteiger partial charge in [-0.2, -0.15) is 5.26 Å². The van der Waals surface area contributed by atoms with Gasteiger partial charge in [-0.05, 0) is 36.2 Å². The third-order valence-corrected chi connectivity index (χ3v) is 4.02. The van der Waals surface area contributed by atoms with Crippen molar-refractivity contribution in [2.75, 3.05) is 0 Å². The van der Waals surface area contributed by atoms with Crippen molar-refractivity contribution in [3.05, 3.63) is 82.4 Å². The van der Waals surface area contributed by atoms with Crippen molar-refractivity contribution >= 4 is 10.8 Å². The van der Waals surface area contributed by atoms with E-state index in [0.29, 0.717) is 10.9 Å². The molecule has 3 aromatic carbocycles. The molecule has 0 saturated carbocycles. The van der Waals surface area contributed by atoms with Gasteiger partial charge in [-0.15, -0.1) is 0 Å². The van der Waals surface area contributed by atoms with E-state index >= 15 is 0 Å². The van der Waals surface area contributed by atoms with E-state index in [1.807, 2.05) is 24.3 Å². The summed E-state index contributed by atoms with van der Waals surface area (Å²) in [7, 11) is 0. The third kappa shape index (κ3) is 3.37.